The Hall–Kier alpha value is -0.930. The third-order valence-corrected chi connectivity index (χ3v) is 4.76. The summed E-state index contributed by atoms with van der Waals surface area (Å²) in [7, 11) is 0. The minimum absolute atomic E-state index is 0.570. The second-order valence-corrected chi connectivity index (χ2v) is 6.71. The lowest BCUT2D eigenvalue weighted by atomic mass is 10.1. The number of nitrogens with one attached hydrogen (secondary N) is 1. The van der Waals surface area contributed by atoms with Crippen molar-refractivity contribution < 1.29 is 0 Å². The molecule has 2 nitrogen and oxygen atoms in total. The largest absolute Gasteiger partial charge is 0.310 e. The summed E-state index contributed by atoms with van der Waals surface area (Å²) in [4.78, 5) is 4.62. The van der Waals surface area contributed by atoms with Crippen LogP contribution in [0.15, 0.2) is 24.3 Å². The number of aromatic nitrogens is 1. The molecule has 2 aromatic rings. The summed E-state index contributed by atoms with van der Waals surface area (Å²) in [5.74, 6) is 0.858. The van der Waals surface area contributed by atoms with Crippen molar-refractivity contribution in [2.24, 2.45) is 11.3 Å². The third kappa shape index (κ3) is 2.35. The molecule has 0 saturated heterocycles. The van der Waals surface area contributed by atoms with Crippen molar-refractivity contribution in [2.45, 2.75) is 26.8 Å². The zero-order valence-corrected chi connectivity index (χ0v) is 11.2. The Bertz CT molecular complexity index is 497. The molecule has 1 aliphatic rings. The SMILES string of the molecule is CC1(C)CC1CNCc1nc2ccccc2s1. The molecule has 1 N–H and O–H groups in total. The molecule has 1 aromatic carbocycles. The molecule has 0 radical (unpaired) electrons. The topological polar surface area (TPSA) is 24.9 Å². The quantitative estimate of drug-likeness (QED) is 0.894. The van der Waals surface area contributed by atoms with Crippen molar-refractivity contribution in [3.8, 4) is 0 Å². The number of hydrogen-bond acceptors (Lipinski definition) is 3. The van der Waals surface area contributed by atoms with Crippen LogP contribution in [0.3, 0.4) is 0 Å². The zero-order valence-electron chi connectivity index (χ0n) is 10.4. The fourth-order valence-electron chi connectivity index (χ4n) is 2.27. The van der Waals surface area contributed by atoms with Crippen LogP contribution in [-0.4, -0.2) is 11.5 Å². The van der Waals surface area contributed by atoms with Gasteiger partial charge in [-0.05, 0) is 36.4 Å². The molecule has 17 heavy (non-hydrogen) atoms. The van der Waals surface area contributed by atoms with Crippen LogP contribution in [0.2, 0.25) is 0 Å². The van der Waals surface area contributed by atoms with Gasteiger partial charge in [-0.15, -0.1) is 11.3 Å². The molecule has 1 heterocycles. The van der Waals surface area contributed by atoms with E-state index in [1.165, 1.54) is 16.1 Å². The lowest BCUT2D eigenvalue weighted by molar-refractivity contribution is 0.519. The number of thiazole rings is 1. The fourth-order valence-corrected chi connectivity index (χ4v) is 3.21. The first kappa shape index (κ1) is 11.2. The van der Waals surface area contributed by atoms with E-state index in [4.69, 9.17) is 0 Å². The van der Waals surface area contributed by atoms with Gasteiger partial charge in [0.05, 0.1) is 10.2 Å². The van der Waals surface area contributed by atoms with Gasteiger partial charge in [0.15, 0.2) is 0 Å². The Morgan fingerprint density at radius 2 is 2.18 bits per heavy atom. The Morgan fingerprint density at radius 1 is 1.41 bits per heavy atom. The summed E-state index contributed by atoms with van der Waals surface area (Å²) in [6.07, 6.45) is 1.36. The van der Waals surface area contributed by atoms with E-state index >= 15 is 0 Å². The second-order valence-electron chi connectivity index (χ2n) is 5.60. The number of fused-ring (bicyclic) bond motifs is 1. The van der Waals surface area contributed by atoms with Crippen molar-refractivity contribution in [1.29, 1.82) is 0 Å². The van der Waals surface area contributed by atoms with E-state index < -0.39 is 0 Å². The maximum atomic E-state index is 4.62. The molecule has 3 heteroatoms. The van der Waals surface area contributed by atoms with Gasteiger partial charge >= 0.3 is 0 Å². The third-order valence-electron chi connectivity index (χ3n) is 3.72. The highest BCUT2D eigenvalue weighted by Gasteiger charge is 2.44. The van der Waals surface area contributed by atoms with Crippen molar-refractivity contribution >= 4 is 21.6 Å². The van der Waals surface area contributed by atoms with E-state index in [0.717, 1.165) is 24.5 Å². The molecule has 1 atom stereocenters. The molecule has 0 spiro atoms. The van der Waals surface area contributed by atoms with Gasteiger partial charge in [0.25, 0.3) is 0 Å². The minimum atomic E-state index is 0.570. The van der Waals surface area contributed by atoms with Gasteiger partial charge in [-0.1, -0.05) is 26.0 Å². The van der Waals surface area contributed by atoms with Gasteiger partial charge in [0.2, 0.25) is 0 Å². The molecule has 1 saturated carbocycles. The lowest BCUT2D eigenvalue weighted by Gasteiger charge is -2.03. The van der Waals surface area contributed by atoms with Crippen LogP contribution >= 0.6 is 11.3 Å². The highest BCUT2D eigenvalue weighted by molar-refractivity contribution is 7.18. The van der Waals surface area contributed by atoms with Gasteiger partial charge in [0, 0.05) is 6.54 Å². The van der Waals surface area contributed by atoms with E-state index in [9.17, 15) is 0 Å². The summed E-state index contributed by atoms with van der Waals surface area (Å²) < 4.78 is 1.29. The van der Waals surface area contributed by atoms with E-state index in [2.05, 4.69) is 42.3 Å². The molecule has 1 aliphatic carbocycles. The maximum Gasteiger partial charge on any atom is 0.108 e. The average Bonchev–Trinajstić information content (AvgIpc) is 2.74. The van der Waals surface area contributed by atoms with E-state index in [-0.39, 0.29) is 0 Å². The van der Waals surface area contributed by atoms with Gasteiger partial charge in [0.1, 0.15) is 5.01 Å². The number of hydrogen-bond donors (Lipinski definition) is 1. The molecule has 1 fully saturated rings. The molecule has 90 valence electrons. The van der Waals surface area contributed by atoms with Crippen LogP contribution in [0.5, 0.6) is 0 Å². The van der Waals surface area contributed by atoms with E-state index in [1.54, 1.807) is 11.3 Å². The summed E-state index contributed by atoms with van der Waals surface area (Å²) in [6.45, 7) is 6.73. The lowest BCUT2D eigenvalue weighted by Crippen LogP contribution is -2.17. The molecule has 0 bridgehead atoms. The molecule has 0 aliphatic heterocycles. The van der Waals surface area contributed by atoms with Gasteiger partial charge in [-0.2, -0.15) is 0 Å². The minimum Gasteiger partial charge on any atom is -0.310 e. The van der Waals surface area contributed by atoms with Crippen molar-refractivity contribution in [3.05, 3.63) is 29.3 Å². The van der Waals surface area contributed by atoms with Crippen LogP contribution < -0.4 is 5.32 Å². The average molecular weight is 246 g/mol. The Kier molecular flexibility index (Phi) is 2.68. The summed E-state index contributed by atoms with van der Waals surface area (Å²) in [5.41, 5.74) is 1.70. The smallest absolute Gasteiger partial charge is 0.108 e. The Labute approximate surface area is 106 Å². The van der Waals surface area contributed by atoms with Crippen LogP contribution in [0.4, 0.5) is 0 Å². The Balaban J connectivity index is 1.58. The van der Waals surface area contributed by atoms with E-state index in [1.807, 2.05) is 6.07 Å². The first-order chi connectivity index (χ1) is 8.15. The zero-order chi connectivity index (χ0) is 11.9. The summed E-state index contributed by atoms with van der Waals surface area (Å²) in [5, 5.41) is 4.73. The van der Waals surface area contributed by atoms with Crippen molar-refractivity contribution in [3.63, 3.8) is 0 Å². The van der Waals surface area contributed by atoms with Crippen LogP contribution in [0, 0.1) is 11.3 Å². The summed E-state index contributed by atoms with van der Waals surface area (Å²) in [6, 6.07) is 8.34. The maximum absolute atomic E-state index is 4.62. The monoisotopic (exact) mass is 246 g/mol. The van der Waals surface area contributed by atoms with Gasteiger partial charge in [-0.25, -0.2) is 4.98 Å². The van der Waals surface area contributed by atoms with Crippen LogP contribution in [0.25, 0.3) is 10.2 Å². The normalized spacial score (nSPS) is 21.9. The standard InChI is InChI=1S/C14H18N2S/c1-14(2)7-10(14)8-15-9-13-16-11-5-3-4-6-12(11)17-13/h3-6,10,15H,7-9H2,1-2H3. The Morgan fingerprint density at radius 3 is 2.88 bits per heavy atom. The van der Waals surface area contributed by atoms with Crippen molar-refractivity contribution in [2.75, 3.05) is 6.54 Å². The predicted octanol–water partition coefficient (Wildman–Crippen LogP) is 3.43. The second kappa shape index (κ2) is 4.07. The van der Waals surface area contributed by atoms with E-state index in [0.29, 0.717) is 5.41 Å². The molecule has 1 aromatic heterocycles. The summed E-state index contributed by atoms with van der Waals surface area (Å²) >= 11 is 1.80. The molecule has 1 unspecified atom stereocenters. The van der Waals surface area contributed by atoms with Crippen molar-refractivity contribution in [1.82, 2.24) is 10.3 Å². The number of rotatable bonds is 4. The first-order valence-electron chi connectivity index (χ1n) is 6.20. The fraction of sp³-hybridized carbons (Fsp3) is 0.500. The molecule has 0 amide bonds. The highest BCUT2D eigenvalue weighted by Crippen LogP contribution is 2.50. The number of nitrogens with zero attached hydrogens (tertiary/aromatic N) is 1. The molecule has 3 rings (SSSR count). The predicted molar refractivity (Wildman–Crippen MR) is 73.2 cm³/mol. The highest BCUT2D eigenvalue weighted by atomic mass is 32.1. The van der Waals surface area contributed by atoms with Gasteiger partial charge < -0.3 is 5.32 Å². The molecular formula is C14H18N2S. The van der Waals surface area contributed by atoms with Crippen LogP contribution in [0.1, 0.15) is 25.3 Å². The van der Waals surface area contributed by atoms with Crippen LogP contribution in [-0.2, 0) is 6.54 Å². The van der Waals surface area contributed by atoms with Gasteiger partial charge in [-0.3, -0.25) is 0 Å². The number of benzene rings is 1. The molecular weight excluding hydrogens is 228 g/mol. The first-order valence-corrected chi connectivity index (χ1v) is 7.02. The number of para-hydroxylation sites is 1.